The van der Waals surface area contributed by atoms with Crippen molar-refractivity contribution in [2.75, 3.05) is 53.3 Å². The highest BCUT2D eigenvalue weighted by Crippen LogP contribution is 2.32. The van der Waals surface area contributed by atoms with Gasteiger partial charge in [0, 0.05) is 84.6 Å². The smallest absolute Gasteiger partial charge is 0.410 e. The molecule has 23 nitrogen and oxygen atoms in total. The number of hydrogen-bond donors (Lipinski definition) is 7. The SMILES string of the molecule is CC[C@H](C)[C@@H]([C@@H](CC(=O)N1CCC[C@H]1[C@H](OC)[C@@H](C)C(=O)N[C@H](C)[C@@H](O)c1ccccc1)OC)N(C)C(=O)[C@@H](CC(=O)C(C(C)C)N(C)C(=O)OCc1ccc(NC(=O)[C@H](CCCNC(N)=O)CC(=O)[C@@H](NC(=O)CCCCCC(=O)CN)C(C)C)cc1)C(C)C. The number of urea groups is 1. The molecule has 0 radical (unpaired) electrons. The van der Waals surface area contributed by atoms with Crippen LogP contribution in [0.2, 0.25) is 0 Å². The van der Waals surface area contributed by atoms with Crippen LogP contribution in [0.3, 0.4) is 0 Å². The molecular formula is C68H109N9O14. The van der Waals surface area contributed by atoms with Gasteiger partial charge in [-0.3, -0.25) is 38.4 Å². The quantitative estimate of drug-likeness (QED) is 0.0322. The standard InChI is InChI=1S/C68H109N9O14/c1-15-44(8)61(56(89-13)38-58(82)77-35-23-28-53(77)63(90-14)45(9)64(84)72-46(10)62(83)48-24-18-16-19-25-48)75(11)66(86)52(41(2)3)37-55(80)60(43(6)7)76(12)68(88)91-40-47-30-32-50(33-31-47)73-65(85)49(26-22-34-71-67(70)87)36-54(79)59(42(4)5)74-57(81)29-21-17-20-27-51(78)39-69/h16,18-19,24-25,30-33,41-46,49,52-53,56,59-63,83H,15,17,20-23,26-29,34-40,69H2,1-14H3,(H,72,84)(H,73,85)(H,74,81)(H3,70,71,87)/t44-,45+,46+,49+,52-,53-,56+,59-,60?,61-,62+,63+/m0/s1. The highest BCUT2D eigenvalue weighted by atomic mass is 16.6. The fourth-order valence-electron chi connectivity index (χ4n) is 12.2. The van der Waals surface area contributed by atoms with Crippen LogP contribution in [0.1, 0.15) is 170 Å². The van der Waals surface area contributed by atoms with Crippen LogP contribution in [-0.4, -0.2) is 169 Å². The second kappa shape index (κ2) is 39.5. The topological polar surface area (TPSA) is 328 Å². The number of carbonyl (C=O) groups excluding carboxylic acids is 10. The van der Waals surface area contributed by atoms with E-state index in [1.54, 1.807) is 80.9 Å². The van der Waals surface area contributed by atoms with Gasteiger partial charge in [0.15, 0.2) is 11.6 Å². The van der Waals surface area contributed by atoms with Gasteiger partial charge in [-0.15, -0.1) is 0 Å². The van der Waals surface area contributed by atoms with Gasteiger partial charge < -0.3 is 66.8 Å². The minimum atomic E-state index is -0.962. The summed E-state index contributed by atoms with van der Waals surface area (Å²) in [5.74, 6) is -5.72. The number of primary amides is 1. The molecule has 0 bridgehead atoms. The number of methoxy groups -OCH3 is 2. The molecule has 0 aliphatic carbocycles. The van der Waals surface area contributed by atoms with Crippen molar-refractivity contribution in [2.24, 2.45) is 52.9 Å². The molecule has 510 valence electrons. The van der Waals surface area contributed by atoms with Crippen LogP contribution >= 0.6 is 0 Å². The lowest BCUT2D eigenvalue weighted by molar-refractivity contribution is -0.149. The number of hydrogen-bond acceptors (Lipinski definition) is 15. The number of ketones is 3. The summed E-state index contributed by atoms with van der Waals surface area (Å²) in [5, 5.41) is 22.1. The summed E-state index contributed by atoms with van der Waals surface area (Å²) in [6.45, 7) is 18.9. The fourth-order valence-corrected chi connectivity index (χ4v) is 12.2. The van der Waals surface area contributed by atoms with E-state index >= 15 is 0 Å². The van der Waals surface area contributed by atoms with Crippen LogP contribution in [0, 0.1) is 41.4 Å². The molecular weight excluding hydrogens is 1170 g/mol. The molecule has 1 unspecified atom stereocenters. The Kier molecular flexibility index (Phi) is 34.1. The zero-order valence-electron chi connectivity index (χ0n) is 56.6. The number of rotatable bonds is 41. The maximum Gasteiger partial charge on any atom is 0.410 e. The molecule has 0 aromatic heterocycles. The Morgan fingerprint density at radius 1 is 0.736 bits per heavy atom. The van der Waals surface area contributed by atoms with Gasteiger partial charge in [-0.05, 0) is 92.4 Å². The van der Waals surface area contributed by atoms with Gasteiger partial charge >= 0.3 is 12.1 Å². The van der Waals surface area contributed by atoms with Crippen LogP contribution in [0.25, 0.3) is 0 Å². The first kappa shape index (κ1) is 78.4. The van der Waals surface area contributed by atoms with Gasteiger partial charge in [0.1, 0.15) is 12.4 Å². The Morgan fingerprint density at radius 3 is 1.96 bits per heavy atom. The van der Waals surface area contributed by atoms with Gasteiger partial charge in [-0.2, -0.15) is 0 Å². The van der Waals surface area contributed by atoms with Crippen molar-refractivity contribution in [3.8, 4) is 0 Å². The summed E-state index contributed by atoms with van der Waals surface area (Å²) in [5.41, 5.74) is 12.3. The number of ether oxygens (including phenoxy) is 3. The molecule has 0 spiro atoms. The first-order chi connectivity index (χ1) is 43.0. The molecule has 23 heteroatoms. The number of nitrogens with one attached hydrogen (secondary N) is 4. The van der Waals surface area contributed by atoms with Crippen molar-refractivity contribution >= 4 is 64.7 Å². The normalized spacial score (nSPS) is 16.9. The molecule has 2 aromatic rings. The summed E-state index contributed by atoms with van der Waals surface area (Å²) in [6, 6.07) is 11.5. The van der Waals surface area contributed by atoms with Gasteiger partial charge in [0.25, 0.3) is 0 Å². The lowest BCUT2D eigenvalue weighted by Crippen LogP contribution is -2.55. The third kappa shape index (κ3) is 24.6. The van der Waals surface area contributed by atoms with Crippen LogP contribution in [0.4, 0.5) is 15.3 Å². The average molecular weight is 1280 g/mol. The monoisotopic (exact) mass is 1280 g/mol. The second-order valence-electron chi connectivity index (χ2n) is 25.7. The van der Waals surface area contributed by atoms with E-state index in [0.717, 1.165) is 0 Å². The van der Waals surface area contributed by atoms with Crippen LogP contribution in [0.15, 0.2) is 54.6 Å². The van der Waals surface area contributed by atoms with Crippen molar-refractivity contribution in [1.29, 1.82) is 0 Å². The Balaban J connectivity index is 1.69. The second-order valence-corrected chi connectivity index (χ2v) is 25.7. The molecule has 2 aromatic carbocycles. The summed E-state index contributed by atoms with van der Waals surface area (Å²) < 4.78 is 17.8. The van der Waals surface area contributed by atoms with E-state index in [4.69, 9.17) is 25.7 Å². The van der Waals surface area contributed by atoms with Crippen molar-refractivity contribution in [1.82, 2.24) is 30.7 Å². The minimum Gasteiger partial charge on any atom is -0.445 e. The Hall–Kier alpha value is -6.82. The predicted molar refractivity (Wildman–Crippen MR) is 349 cm³/mol. The number of likely N-dealkylation sites (tertiary alicyclic amines) is 1. The number of likely N-dealkylation sites (N-methyl/N-ethyl adjacent to an activating group) is 2. The number of aliphatic hydroxyl groups excluding tert-OH is 1. The summed E-state index contributed by atoms with van der Waals surface area (Å²) >= 11 is 0. The lowest BCUT2D eigenvalue weighted by Gasteiger charge is -2.41. The summed E-state index contributed by atoms with van der Waals surface area (Å²) in [6.07, 6.45) is 1.27. The number of nitrogens with two attached hydrogens (primary N) is 2. The predicted octanol–water partition coefficient (Wildman–Crippen LogP) is 7.25. The van der Waals surface area contributed by atoms with E-state index < -0.39 is 84.3 Å². The lowest BCUT2D eigenvalue weighted by atomic mass is 9.83. The molecule has 1 saturated heterocycles. The zero-order chi connectivity index (χ0) is 68.2. The van der Waals surface area contributed by atoms with Crippen molar-refractivity contribution in [3.63, 3.8) is 0 Å². The summed E-state index contributed by atoms with van der Waals surface area (Å²) in [4.78, 5) is 139. The summed E-state index contributed by atoms with van der Waals surface area (Å²) in [7, 11) is 6.20. The first-order valence-electron chi connectivity index (χ1n) is 32.6. The van der Waals surface area contributed by atoms with Gasteiger partial charge in [-0.1, -0.05) is 118 Å². The maximum absolute atomic E-state index is 14.9. The number of unbranched alkanes of at least 4 members (excludes halogenated alkanes) is 2. The van der Waals surface area contributed by atoms with Gasteiger partial charge in [0.05, 0.1) is 67.4 Å². The molecule has 8 amide bonds. The zero-order valence-corrected chi connectivity index (χ0v) is 56.6. The molecule has 1 heterocycles. The van der Waals surface area contributed by atoms with E-state index in [2.05, 4.69) is 21.3 Å². The number of carbonyl (C=O) groups is 10. The number of amides is 8. The molecule has 0 saturated carbocycles. The van der Waals surface area contributed by atoms with Crippen molar-refractivity contribution in [3.05, 3.63) is 65.7 Å². The highest BCUT2D eigenvalue weighted by Gasteiger charge is 2.44. The molecule has 91 heavy (non-hydrogen) atoms. The molecule has 12 atom stereocenters. The molecule has 1 fully saturated rings. The third-order valence-electron chi connectivity index (χ3n) is 17.8. The fraction of sp³-hybridized carbons (Fsp3) is 0.676. The van der Waals surface area contributed by atoms with Crippen LogP contribution in [0.5, 0.6) is 0 Å². The Bertz CT molecular complexity index is 2660. The number of Topliss-reactive ketones (excluding diaryl/α,β-unsaturated/α-hetero) is 3. The van der Waals surface area contributed by atoms with Crippen molar-refractivity contribution < 1.29 is 67.3 Å². The number of aliphatic hydroxyl groups is 1. The third-order valence-corrected chi connectivity index (χ3v) is 17.8. The van der Waals surface area contributed by atoms with Gasteiger partial charge in [-0.25, -0.2) is 9.59 Å². The molecule has 1 aliphatic rings. The molecule has 1 aliphatic heterocycles. The number of nitrogens with zero attached hydrogens (tertiary/aromatic N) is 3. The number of benzene rings is 2. The van der Waals surface area contributed by atoms with E-state index in [-0.39, 0.29) is 116 Å². The maximum atomic E-state index is 14.9. The van der Waals surface area contributed by atoms with E-state index in [1.807, 2.05) is 59.7 Å². The largest absolute Gasteiger partial charge is 0.445 e. The van der Waals surface area contributed by atoms with Crippen LogP contribution in [-0.2, 0) is 59.2 Å². The highest BCUT2D eigenvalue weighted by molar-refractivity contribution is 5.97. The molecule has 3 rings (SSSR count). The Morgan fingerprint density at radius 2 is 1.38 bits per heavy atom. The minimum absolute atomic E-state index is 0.0201. The molecule has 9 N–H and O–H groups in total. The first-order valence-corrected chi connectivity index (χ1v) is 32.6. The van der Waals surface area contributed by atoms with Crippen molar-refractivity contribution in [2.45, 2.75) is 208 Å². The van der Waals surface area contributed by atoms with E-state index in [9.17, 15) is 53.1 Å². The Labute approximate surface area is 540 Å². The van der Waals surface area contributed by atoms with Gasteiger partial charge in [0.2, 0.25) is 29.5 Å². The van der Waals surface area contributed by atoms with Crippen LogP contribution < -0.4 is 32.7 Å². The van der Waals surface area contributed by atoms with E-state index in [0.29, 0.717) is 74.7 Å². The average Bonchev–Trinajstić information content (AvgIpc) is 1.85. The number of anilines is 1. The van der Waals surface area contributed by atoms with E-state index in [1.165, 1.54) is 26.2 Å².